The zero-order chi connectivity index (χ0) is 26.9. The lowest BCUT2D eigenvalue weighted by Gasteiger charge is -2.67. The van der Waals surface area contributed by atoms with Crippen molar-refractivity contribution >= 4 is 6.47 Å². The molecule has 0 saturated heterocycles. The minimum absolute atomic E-state index is 0.250. The number of carbonyl (C=O) groups is 1. The molecule has 9 atom stereocenters. The van der Waals surface area contributed by atoms with E-state index in [1.807, 2.05) is 20.8 Å². The summed E-state index contributed by atoms with van der Waals surface area (Å²) in [6, 6.07) is 0. The first-order valence-electron chi connectivity index (χ1n) is 14.8. The van der Waals surface area contributed by atoms with Gasteiger partial charge in [0, 0.05) is 7.11 Å². The monoisotopic (exact) mass is 492 g/mol. The maximum atomic E-state index is 8.36. The average Bonchev–Trinajstić information content (AvgIpc) is 3.24. The van der Waals surface area contributed by atoms with Gasteiger partial charge in [-0.05, 0) is 116 Å². The highest BCUT2D eigenvalue weighted by Gasteiger charge is 2.63. The molecule has 3 heteroatoms. The van der Waals surface area contributed by atoms with Crippen LogP contribution in [0.4, 0.5) is 0 Å². The summed E-state index contributed by atoms with van der Waals surface area (Å²) in [7, 11) is 1.00. The molecule has 0 aromatic heterocycles. The van der Waals surface area contributed by atoms with Gasteiger partial charge in [0.2, 0.25) is 0 Å². The van der Waals surface area contributed by atoms with Crippen molar-refractivity contribution in [2.75, 3.05) is 7.11 Å². The molecule has 0 bridgehead atoms. The number of allylic oxidation sites excluding steroid dienone is 1. The molecule has 5 rings (SSSR count). The van der Waals surface area contributed by atoms with Gasteiger partial charge in [-0.15, -0.1) is 6.58 Å². The Bertz CT molecular complexity index is 626. The summed E-state index contributed by atoms with van der Waals surface area (Å²) >= 11 is 0. The van der Waals surface area contributed by atoms with Crippen LogP contribution >= 0.6 is 0 Å². The molecule has 0 spiro atoms. The van der Waals surface area contributed by atoms with Crippen molar-refractivity contribution in [3.05, 3.63) is 12.7 Å². The largest absolute Gasteiger partial charge is 0.483 e. The number of fused-ring (bicyclic) bond motifs is 7. The second-order valence-corrected chi connectivity index (χ2v) is 12.6. The predicted octanol–water partition coefficient (Wildman–Crippen LogP) is 9.00. The SMILES string of the molecule is C=CC.CC.CC1CCCC2(C)C1CCC1(C)C3CCC4(C)CCCC4C3CCC21.CO.O=CO. The van der Waals surface area contributed by atoms with Crippen LogP contribution in [0.3, 0.4) is 0 Å². The molecule has 5 fully saturated rings. The Morgan fingerprint density at radius 1 is 0.771 bits per heavy atom. The van der Waals surface area contributed by atoms with Crippen LogP contribution < -0.4 is 0 Å². The summed E-state index contributed by atoms with van der Waals surface area (Å²) in [6.45, 7) is 19.8. The summed E-state index contributed by atoms with van der Waals surface area (Å²) in [5, 5.41) is 13.9. The van der Waals surface area contributed by atoms with E-state index in [9.17, 15) is 0 Å². The molecule has 0 aromatic carbocycles. The van der Waals surface area contributed by atoms with Gasteiger partial charge in [0.25, 0.3) is 6.47 Å². The molecule has 35 heavy (non-hydrogen) atoms. The van der Waals surface area contributed by atoms with Gasteiger partial charge in [-0.1, -0.05) is 66.9 Å². The van der Waals surface area contributed by atoms with Gasteiger partial charge in [0.15, 0.2) is 0 Å². The number of rotatable bonds is 0. The lowest BCUT2D eigenvalue weighted by Crippen LogP contribution is -2.59. The van der Waals surface area contributed by atoms with E-state index in [-0.39, 0.29) is 6.47 Å². The van der Waals surface area contributed by atoms with E-state index in [0.29, 0.717) is 10.8 Å². The van der Waals surface area contributed by atoms with Crippen LogP contribution in [0.25, 0.3) is 0 Å². The molecular weight excluding hydrogens is 432 g/mol. The van der Waals surface area contributed by atoms with Gasteiger partial charge in [-0.25, -0.2) is 0 Å². The van der Waals surface area contributed by atoms with Crippen LogP contribution in [-0.2, 0) is 4.79 Å². The van der Waals surface area contributed by atoms with Gasteiger partial charge in [-0.3, -0.25) is 4.79 Å². The minimum atomic E-state index is -0.250. The molecule has 5 aliphatic carbocycles. The van der Waals surface area contributed by atoms with Crippen molar-refractivity contribution in [2.45, 2.75) is 126 Å². The van der Waals surface area contributed by atoms with Crippen molar-refractivity contribution in [2.24, 2.45) is 51.8 Å². The van der Waals surface area contributed by atoms with Crippen LogP contribution in [0.1, 0.15) is 126 Å². The number of hydrogen-bond acceptors (Lipinski definition) is 2. The first-order chi connectivity index (χ1) is 16.7. The van der Waals surface area contributed by atoms with Crippen LogP contribution in [0.2, 0.25) is 0 Å². The summed E-state index contributed by atoms with van der Waals surface area (Å²) in [4.78, 5) is 8.36. The molecular formula is C32H60O3. The summed E-state index contributed by atoms with van der Waals surface area (Å²) in [5.41, 5.74) is 2.08. The Labute approximate surface area is 218 Å². The summed E-state index contributed by atoms with van der Waals surface area (Å²) in [5.74, 6) is 6.30. The fourth-order valence-electron chi connectivity index (χ4n) is 10.2. The van der Waals surface area contributed by atoms with Crippen molar-refractivity contribution in [1.29, 1.82) is 0 Å². The first kappa shape index (κ1) is 32.2. The van der Waals surface area contributed by atoms with Crippen molar-refractivity contribution in [3.8, 4) is 0 Å². The highest BCUT2D eigenvalue weighted by atomic mass is 16.3. The third-order valence-corrected chi connectivity index (χ3v) is 11.3. The van der Waals surface area contributed by atoms with Gasteiger partial charge >= 0.3 is 0 Å². The first-order valence-corrected chi connectivity index (χ1v) is 14.8. The molecule has 0 aliphatic heterocycles. The molecule has 0 heterocycles. The molecule has 5 saturated carbocycles. The predicted molar refractivity (Wildman–Crippen MR) is 150 cm³/mol. The average molecular weight is 493 g/mol. The maximum Gasteiger partial charge on any atom is 0.290 e. The number of hydrogen-bond donors (Lipinski definition) is 2. The summed E-state index contributed by atoms with van der Waals surface area (Å²) in [6.07, 6.45) is 20.3. The molecule has 0 amide bonds. The molecule has 9 unspecified atom stereocenters. The number of aliphatic hydroxyl groups is 1. The van der Waals surface area contributed by atoms with Crippen LogP contribution in [-0.4, -0.2) is 23.8 Å². The Morgan fingerprint density at radius 3 is 1.89 bits per heavy atom. The molecule has 5 aliphatic rings. The molecule has 206 valence electrons. The topological polar surface area (TPSA) is 57.5 Å². The van der Waals surface area contributed by atoms with Crippen molar-refractivity contribution in [1.82, 2.24) is 0 Å². The maximum absolute atomic E-state index is 8.36. The minimum Gasteiger partial charge on any atom is -0.483 e. The van der Waals surface area contributed by atoms with E-state index >= 15 is 0 Å². The Morgan fingerprint density at radius 2 is 1.29 bits per heavy atom. The molecule has 3 nitrogen and oxygen atoms in total. The quantitative estimate of drug-likeness (QED) is 0.262. The Hall–Kier alpha value is -0.830. The second kappa shape index (κ2) is 14.2. The van der Waals surface area contributed by atoms with Crippen LogP contribution in [0.5, 0.6) is 0 Å². The lowest BCUT2D eigenvalue weighted by molar-refractivity contribution is -0.181. The van der Waals surface area contributed by atoms with Crippen molar-refractivity contribution < 1.29 is 15.0 Å². The smallest absolute Gasteiger partial charge is 0.290 e. The fraction of sp³-hybridized carbons (Fsp3) is 0.906. The highest BCUT2D eigenvalue weighted by Crippen LogP contribution is 2.71. The third-order valence-electron chi connectivity index (χ3n) is 11.3. The lowest BCUT2D eigenvalue weighted by atomic mass is 9.38. The van der Waals surface area contributed by atoms with Gasteiger partial charge < -0.3 is 10.2 Å². The van der Waals surface area contributed by atoms with Gasteiger partial charge in [-0.2, -0.15) is 0 Å². The van der Waals surface area contributed by atoms with Crippen LogP contribution in [0, 0.1) is 51.8 Å². The van der Waals surface area contributed by atoms with E-state index in [0.717, 1.165) is 48.0 Å². The zero-order valence-corrected chi connectivity index (χ0v) is 24.6. The van der Waals surface area contributed by atoms with E-state index in [1.165, 1.54) is 19.3 Å². The fourth-order valence-corrected chi connectivity index (χ4v) is 10.2. The van der Waals surface area contributed by atoms with E-state index in [1.54, 1.807) is 63.9 Å². The Balaban J connectivity index is 0.000000540. The number of aliphatic hydroxyl groups excluding tert-OH is 1. The molecule has 0 radical (unpaired) electrons. The highest BCUT2D eigenvalue weighted by molar-refractivity contribution is 5.32. The van der Waals surface area contributed by atoms with Crippen molar-refractivity contribution in [3.63, 3.8) is 0 Å². The van der Waals surface area contributed by atoms with E-state index in [4.69, 9.17) is 15.0 Å². The second-order valence-electron chi connectivity index (χ2n) is 12.6. The number of carboxylic acid groups (broad SMARTS) is 1. The Kier molecular flexibility index (Phi) is 13.1. The van der Waals surface area contributed by atoms with Crippen LogP contribution in [0.15, 0.2) is 12.7 Å². The molecule has 0 aromatic rings. The summed E-state index contributed by atoms with van der Waals surface area (Å²) < 4.78 is 0. The van der Waals surface area contributed by atoms with E-state index in [2.05, 4.69) is 34.3 Å². The normalized spacial score (nSPS) is 44.6. The molecule has 2 N–H and O–H groups in total. The standard InChI is InChI=1S/C25H42.C3H6.C2H6.CH2O2.CH4O/c1-17-7-5-14-24(3)19(17)12-16-25(4)21-11-15-23(2)13-6-8-20(23)18(21)9-10-22(24)25;1-3-2;1-2;2-1-3;1-2/h17-22H,5-16H2,1-4H3;3H,1H2,2H3;1-2H3;1H,(H,2,3);2H,1H3. The van der Waals surface area contributed by atoms with E-state index < -0.39 is 0 Å². The van der Waals surface area contributed by atoms with Gasteiger partial charge in [0.1, 0.15) is 0 Å². The van der Waals surface area contributed by atoms with Gasteiger partial charge in [0.05, 0.1) is 0 Å². The third kappa shape index (κ3) is 6.19. The zero-order valence-electron chi connectivity index (χ0n) is 24.6.